The van der Waals surface area contributed by atoms with E-state index in [1.165, 1.54) is 6.42 Å². The molecule has 1 aliphatic carbocycles. The van der Waals surface area contributed by atoms with Crippen LogP contribution in [0.2, 0.25) is 0 Å². The fourth-order valence-corrected chi connectivity index (χ4v) is 3.47. The molecule has 1 aromatic carbocycles. The highest BCUT2D eigenvalue weighted by molar-refractivity contribution is 6.07. The number of hydrogen-bond donors (Lipinski definition) is 0. The van der Waals surface area contributed by atoms with Crippen LogP contribution in [0.3, 0.4) is 0 Å². The molecule has 3 heteroatoms. The van der Waals surface area contributed by atoms with Gasteiger partial charge in [0.15, 0.2) is 5.78 Å². The molecule has 1 fully saturated rings. The van der Waals surface area contributed by atoms with Gasteiger partial charge in [-0.05, 0) is 37.2 Å². The maximum atomic E-state index is 12.3. The van der Waals surface area contributed by atoms with Crippen LogP contribution in [-0.4, -0.2) is 18.5 Å². The summed E-state index contributed by atoms with van der Waals surface area (Å²) in [5, 5.41) is 0.872. The van der Waals surface area contributed by atoms with Crippen LogP contribution in [0.1, 0.15) is 43.5 Å². The van der Waals surface area contributed by atoms with Crippen molar-refractivity contribution < 1.29 is 13.9 Å². The Morgan fingerprint density at radius 3 is 2.67 bits per heavy atom. The van der Waals surface area contributed by atoms with Crippen molar-refractivity contribution in [1.29, 1.82) is 0 Å². The number of hydrogen-bond acceptors (Lipinski definition) is 3. The van der Waals surface area contributed by atoms with E-state index < -0.39 is 0 Å². The Labute approximate surface area is 125 Å². The van der Waals surface area contributed by atoms with Crippen molar-refractivity contribution in [2.24, 2.45) is 11.8 Å². The van der Waals surface area contributed by atoms with Crippen LogP contribution in [0, 0.1) is 11.8 Å². The van der Waals surface area contributed by atoms with Gasteiger partial charge in [0.25, 0.3) is 0 Å². The topological polar surface area (TPSA) is 39.4 Å². The van der Waals surface area contributed by atoms with Gasteiger partial charge in [0.05, 0.1) is 11.7 Å². The summed E-state index contributed by atoms with van der Waals surface area (Å²) in [5.74, 6) is 1.37. The molecule has 2 unspecified atom stereocenters. The maximum Gasteiger partial charge on any atom is 0.192 e. The summed E-state index contributed by atoms with van der Waals surface area (Å²) in [6, 6.07) is 7.61. The first-order chi connectivity index (χ1) is 10.1. The molecule has 1 heterocycles. The van der Waals surface area contributed by atoms with E-state index in [4.69, 9.17) is 9.15 Å². The summed E-state index contributed by atoms with van der Waals surface area (Å²) in [6.45, 7) is 4.67. The first-order valence-electron chi connectivity index (χ1n) is 7.74. The zero-order chi connectivity index (χ0) is 14.8. The Kier molecular flexibility index (Phi) is 4.11. The van der Waals surface area contributed by atoms with E-state index in [1.807, 2.05) is 24.3 Å². The van der Waals surface area contributed by atoms with E-state index in [-0.39, 0.29) is 18.5 Å². The van der Waals surface area contributed by atoms with Gasteiger partial charge in [-0.3, -0.25) is 4.79 Å². The molecule has 112 valence electrons. The minimum Gasteiger partial charge on any atom is -0.464 e. The van der Waals surface area contributed by atoms with Gasteiger partial charge in [0.2, 0.25) is 0 Å². The van der Waals surface area contributed by atoms with E-state index in [2.05, 4.69) is 13.8 Å². The maximum absolute atomic E-state index is 12.3. The lowest BCUT2D eigenvalue weighted by atomic mass is 9.82. The van der Waals surface area contributed by atoms with Crippen LogP contribution in [0.4, 0.5) is 0 Å². The molecule has 0 N–H and O–H groups in total. The average Bonchev–Trinajstić information content (AvgIpc) is 2.88. The standard InChI is InChI=1S/C18H22O3/c1-12-7-13(2)9-14(8-12)20-11-17(19)16-10-21-18-6-4-3-5-15(16)18/h3-6,10,12-14H,7-9,11H2,1-2H3. The second-order valence-electron chi connectivity index (χ2n) is 6.42. The molecule has 0 amide bonds. The Morgan fingerprint density at radius 1 is 1.19 bits per heavy atom. The van der Waals surface area contributed by atoms with Gasteiger partial charge < -0.3 is 9.15 Å². The fraction of sp³-hybridized carbons (Fsp3) is 0.500. The molecule has 1 aromatic heterocycles. The van der Waals surface area contributed by atoms with E-state index in [1.54, 1.807) is 6.26 Å². The molecule has 1 aliphatic rings. The van der Waals surface area contributed by atoms with Crippen LogP contribution in [-0.2, 0) is 4.74 Å². The molecule has 1 saturated carbocycles. The third-order valence-corrected chi connectivity index (χ3v) is 4.37. The molecular weight excluding hydrogens is 264 g/mol. The number of para-hydroxylation sites is 1. The van der Waals surface area contributed by atoms with Crippen molar-refractivity contribution in [3.8, 4) is 0 Å². The minimum atomic E-state index is 0.00540. The van der Waals surface area contributed by atoms with E-state index >= 15 is 0 Å². The first-order valence-corrected chi connectivity index (χ1v) is 7.74. The third-order valence-electron chi connectivity index (χ3n) is 4.37. The molecule has 0 aliphatic heterocycles. The highest BCUT2D eigenvalue weighted by Crippen LogP contribution is 2.30. The number of benzene rings is 1. The Hall–Kier alpha value is -1.61. The largest absolute Gasteiger partial charge is 0.464 e. The molecule has 0 radical (unpaired) electrons. The van der Waals surface area contributed by atoms with Crippen molar-refractivity contribution >= 4 is 16.8 Å². The van der Waals surface area contributed by atoms with Gasteiger partial charge in [0, 0.05) is 5.39 Å². The number of ketones is 1. The summed E-state index contributed by atoms with van der Waals surface area (Å²) in [6.07, 6.45) is 5.14. The van der Waals surface area contributed by atoms with Crippen LogP contribution >= 0.6 is 0 Å². The molecule has 2 atom stereocenters. The third kappa shape index (κ3) is 3.18. The van der Waals surface area contributed by atoms with Crippen LogP contribution < -0.4 is 0 Å². The normalized spacial score (nSPS) is 26.1. The number of carbonyl (C=O) groups is 1. The van der Waals surface area contributed by atoms with Crippen molar-refractivity contribution in [3.63, 3.8) is 0 Å². The zero-order valence-electron chi connectivity index (χ0n) is 12.7. The van der Waals surface area contributed by atoms with Crippen LogP contribution in [0.5, 0.6) is 0 Å². The number of fused-ring (bicyclic) bond motifs is 1. The molecule has 2 aromatic rings. The minimum absolute atomic E-state index is 0.00540. The van der Waals surface area contributed by atoms with E-state index in [9.17, 15) is 4.79 Å². The van der Waals surface area contributed by atoms with Gasteiger partial charge in [-0.1, -0.05) is 32.0 Å². The fourth-order valence-electron chi connectivity index (χ4n) is 3.47. The second kappa shape index (κ2) is 6.02. The van der Waals surface area contributed by atoms with Gasteiger partial charge in [-0.15, -0.1) is 0 Å². The predicted molar refractivity (Wildman–Crippen MR) is 82.5 cm³/mol. The Bertz CT molecular complexity index is 618. The highest BCUT2D eigenvalue weighted by Gasteiger charge is 2.25. The Morgan fingerprint density at radius 2 is 1.90 bits per heavy atom. The van der Waals surface area contributed by atoms with Crippen molar-refractivity contribution in [2.45, 2.75) is 39.2 Å². The summed E-state index contributed by atoms with van der Waals surface area (Å²) < 4.78 is 11.3. The number of Topliss-reactive ketones (excluding diaryl/α,β-unsaturated/α-hetero) is 1. The van der Waals surface area contributed by atoms with Gasteiger partial charge >= 0.3 is 0 Å². The van der Waals surface area contributed by atoms with E-state index in [0.717, 1.165) is 23.8 Å². The smallest absolute Gasteiger partial charge is 0.192 e. The lowest BCUT2D eigenvalue weighted by Gasteiger charge is -2.31. The zero-order valence-corrected chi connectivity index (χ0v) is 12.7. The van der Waals surface area contributed by atoms with Crippen molar-refractivity contribution in [2.75, 3.05) is 6.61 Å². The molecule has 0 bridgehead atoms. The second-order valence-corrected chi connectivity index (χ2v) is 6.42. The Balaban J connectivity index is 1.64. The lowest BCUT2D eigenvalue weighted by molar-refractivity contribution is 0.00565. The summed E-state index contributed by atoms with van der Waals surface area (Å²) in [7, 11) is 0. The predicted octanol–water partition coefficient (Wildman–Crippen LogP) is 4.46. The van der Waals surface area contributed by atoms with Gasteiger partial charge in [-0.2, -0.15) is 0 Å². The number of carbonyl (C=O) groups excluding carboxylic acids is 1. The SMILES string of the molecule is CC1CC(C)CC(OCC(=O)c2coc3ccccc23)C1. The summed E-state index contributed by atoms with van der Waals surface area (Å²) >= 11 is 0. The highest BCUT2D eigenvalue weighted by atomic mass is 16.5. The number of rotatable bonds is 4. The molecule has 0 saturated heterocycles. The number of ether oxygens (including phenoxy) is 1. The monoisotopic (exact) mass is 286 g/mol. The van der Waals surface area contributed by atoms with Gasteiger partial charge in [0.1, 0.15) is 18.5 Å². The molecule has 0 spiro atoms. The van der Waals surface area contributed by atoms with Crippen molar-refractivity contribution in [1.82, 2.24) is 0 Å². The summed E-state index contributed by atoms with van der Waals surface area (Å²) in [4.78, 5) is 12.3. The van der Waals surface area contributed by atoms with Gasteiger partial charge in [-0.25, -0.2) is 0 Å². The first kappa shape index (κ1) is 14.3. The van der Waals surface area contributed by atoms with Crippen LogP contribution in [0.25, 0.3) is 11.0 Å². The van der Waals surface area contributed by atoms with Crippen LogP contribution in [0.15, 0.2) is 34.9 Å². The molecule has 3 rings (SSSR count). The quantitative estimate of drug-likeness (QED) is 0.779. The van der Waals surface area contributed by atoms with E-state index in [0.29, 0.717) is 17.4 Å². The lowest BCUT2D eigenvalue weighted by Crippen LogP contribution is -2.28. The number of furan rings is 1. The average molecular weight is 286 g/mol. The molecule has 3 nitrogen and oxygen atoms in total. The molecular formula is C18H22O3. The molecule has 21 heavy (non-hydrogen) atoms. The van der Waals surface area contributed by atoms with Crippen molar-refractivity contribution in [3.05, 3.63) is 36.1 Å². The summed E-state index contributed by atoms with van der Waals surface area (Å²) in [5.41, 5.74) is 1.38.